The number of benzene rings is 2. The molecule has 144 valence electrons. The van der Waals surface area contributed by atoms with Gasteiger partial charge in [-0.2, -0.15) is 9.57 Å². The van der Waals surface area contributed by atoms with Gasteiger partial charge in [0.25, 0.3) is 0 Å². The number of sulfonamides is 1. The number of hydrogen-bond acceptors (Lipinski definition) is 4. The zero-order chi connectivity index (χ0) is 20.3. The van der Waals surface area contributed by atoms with E-state index in [4.69, 9.17) is 16.9 Å². The molecule has 0 aliphatic carbocycles. The normalized spacial score (nSPS) is 12.5. The van der Waals surface area contributed by atoms with Crippen molar-refractivity contribution in [1.29, 1.82) is 5.26 Å². The van der Waals surface area contributed by atoms with Crippen LogP contribution in [0.5, 0.6) is 0 Å². The van der Waals surface area contributed by atoms with Crippen LogP contribution < -0.4 is 0 Å². The smallest absolute Gasteiger partial charge is 0.243 e. The van der Waals surface area contributed by atoms with Crippen LogP contribution in [0.4, 0.5) is 0 Å². The van der Waals surface area contributed by atoms with Gasteiger partial charge in [-0.1, -0.05) is 37.6 Å². The van der Waals surface area contributed by atoms with E-state index in [1.165, 1.54) is 4.31 Å². The molecule has 0 radical (unpaired) electrons. The number of fused-ring (bicyclic) bond motifs is 1. The van der Waals surface area contributed by atoms with E-state index in [-0.39, 0.29) is 4.90 Å². The maximum atomic E-state index is 12.7. The van der Waals surface area contributed by atoms with Gasteiger partial charge < -0.3 is 4.98 Å². The van der Waals surface area contributed by atoms with Crippen LogP contribution in [0.15, 0.2) is 47.4 Å². The van der Waals surface area contributed by atoms with E-state index >= 15 is 0 Å². The molecule has 1 heterocycles. The summed E-state index contributed by atoms with van der Waals surface area (Å²) < 4.78 is 26.8. The van der Waals surface area contributed by atoms with Crippen molar-refractivity contribution in [3.05, 3.63) is 59.4 Å². The summed E-state index contributed by atoms with van der Waals surface area (Å²) in [6, 6.07) is 13.9. The standard InChI is InChI=1S/C20H19ClN4O2S/c1-3-25(4-2)28(26,27)16-8-9-18-19(12-16)24-20(23-18)17(21)11-14-6-5-7-15(10-14)13-22/h5-12H,3-4H2,1-2H3,(H,23,24)/b17-11-. The number of aromatic amines is 1. The molecule has 0 spiro atoms. The molecule has 0 saturated heterocycles. The molecule has 6 nitrogen and oxygen atoms in total. The Bertz CT molecular complexity index is 1190. The topological polar surface area (TPSA) is 89.8 Å². The van der Waals surface area contributed by atoms with Crippen LogP contribution in [-0.4, -0.2) is 35.8 Å². The van der Waals surface area contributed by atoms with Gasteiger partial charge in [-0.05, 0) is 42.0 Å². The summed E-state index contributed by atoms with van der Waals surface area (Å²) in [6.45, 7) is 4.42. The third-order valence-corrected chi connectivity index (χ3v) is 6.67. The fourth-order valence-corrected chi connectivity index (χ4v) is 4.59. The lowest BCUT2D eigenvalue weighted by molar-refractivity contribution is 0.445. The number of nitriles is 1. The molecule has 0 aliphatic rings. The molecule has 0 atom stereocenters. The fourth-order valence-electron chi connectivity index (χ4n) is 2.89. The third-order valence-electron chi connectivity index (χ3n) is 4.33. The first-order valence-electron chi connectivity index (χ1n) is 8.76. The van der Waals surface area contributed by atoms with Gasteiger partial charge in [0.1, 0.15) is 5.82 Å². The van der Waals surface area contributed by atoms with E-state index in [1.54, 1.807) is 56.3 Å². The number of hydrogen-bond donors (Lipinski definition) is 1. The Kier molecular flexibility index (Phi) is 5.84. The summed E-state index contributed by atoms with van der Waals surface area (Å²) in [5.74, 6) is 0.427. The SMILES string of the molecule is CCN(CC)S(=O)(=O)c1ccc2nc(/C(Cl)=C/c3cccc(C#N)c3)[nH]c2c1. The van der Waals surface area contributed by atoms with E-state index in [0.717, 1.165) is 5.56 Å². The molecule has 2 aromatic carbocycles. The first kappa shape index (κ1) is 20.1. The number of aromatic nitrogens is 2. The second-order valence-electron chi connectivity index (χ2n) is 6.08. The Morgan fingerprint density at radius 3 is 2.68 bits per heavy atom. The van der Waals surface area contributed by atoms with Gasteiger partial charge in [-0.3, -0.25) is 0 Å². The molecule has 28 heavy (non-hydrogen) atoms. The van der Waals surface area contributed by atoms with Crippen molar-refractivity contribution >= 4 is 43.8 Å². The molecule has 0 amide bonds. The van der Waals surface area contributed by atoms with Crippen LogP contribution in [0.3, 0.4) is 0 Å². The average Bonchev–Trinajstić information content (AvgIpc) is 3.12. The highest BCUT2D eigenvalue weighted by Gasteiger charge is 2.22. The van der Waals surface area contributed by atoms with Gasteiger partial charge >= 0.3 is 0 Å². The number of imidazole rings is 1. The zero-order valence-electron chi connectivity index (χ0n) is 15.5. The lowest BCUT2D eigenvalue weighted by Gasteiger charge is -2.18. The summed E-state index contributed by atoms with van der Waals surface area (Å²) in [4.78, 5) is 7.71. The maximum Gasteiger partial charge on any atom is 0.243 e. The number of H-pyrrole nitrogens is 1. The average molecular weight is 415 g/mol. The molecule has 0 bridgehead atoms. The van der Waals surface area contributed by atoms with Crippen LogP contribution in [0.2, 0.25) is 0 Å². The summed E-state index contributed by atoms with van der Waals surface area (Å²) >= 11 is 6.39. The molecule has 3 aromatic rings. The third kappa shape index (κ3) is 3.94. The Hall–Kier alpha value is -2.66. The predicted molar refractivity (Wildman–Crippen MR) is 111 cm³/mol. The molecular weight excluding hydrogens is 396 g/mol. The fraction of sp³-hybridized carbons (Fsp3) is 0.200. The minimum atomic E-state index is -3.55. The molecule has 8 heteroatoms. The van der Waals surface area contributed by atoms with Crippen molar-refractivity contribution in [3.63, 3.8) is 0 Å². The van der Waals surface area contributed by atoms with E-state index in [0.29, 0.717) is 40.5 Å². The highest BCUT2D eigenvalue weighted by atomic mass is 35.5. The van der Waals surface area contributed by atoms with Crippen molar-refractivity contribution in [2.24, 2.45) is 0 Å². The van der Waals surface area contributed by atoms with E-state index < -0.39 is 10.0 Å². The first-order valence-corrected chi connectivity index (χ1v) is 10.6. The van der Waals surface area contributed by atoms with Gasteiger partial charge in [-0.15, -0.1) is 0 Å². The van der Waals surface area contributed by atoms with Crippen molar-refractivity contribution in [2.75, 3.05) is 13.1 Å². The van der Waals surface area contributed by atoms with Crippen molar-refractivity contribution in [3.8, 4) is 6.07 Å². The molecule has 3 rings (SSSR count). The van der Waals surface area contributed by atoms with E-state index in [9.17, 15) is 8.42 Å². The minimum absolute atomic E-state index is 0.209. The summed E-state index contributed by atoms with van der Waals surface area (Å²) in [5.41, 5.74) is 2.51. The van der Waals surface area contributed by atoms with E-state index in [2.05, 4.69) is 16.0 Å². The number of nitrogens with one attached hydrogen (secondary N) is 1. The second kappa shape index (κ2) is 8.15. The molecule has 1 N–H and O–H groups in total. The Morgan fingerprint density at radius 2 is 2.00 bits per heavy atom. The second-order valence-corrected chi connectivity index (χ2v) is 8.43. The lowest BCUT2D eigenvalue weighted by Crippen LogP contribution is -2.30. The molecule has 1 aromatic heterocycles. The quantitative estimate of drug-likeness (QED) is 0.654. The number of halogens is 1. The van der Waals surface area contributed by atoms with E-state index in [1.807, 2.05) is 6.07 Å². The van der Waals surface area contributed by atoms with Gasteiger partial charge in [0.05, 0.1) is 32.6 Å². The predicted octanol–water partition coefficient (Wildman–Crippen LogP) is 4.20. The monoisotopic (exact) mass is 414 g/mol. The minimum Gasteiger partial charge on any atom is -0.337 e. The molecule has 0 unspecified atom stereocenters. The molecule has 0 aliphatic heterocycles. The van der Waals surface area contributed by atoms with Crippen molar-refractivity contribution < 1.29 is 8.42 Å². The summed E-state index contributed by atoms with van der Waals surface area (Å²) in [7, 11) is -3.55. The van der Waals surface area contributed by atoms with Gasteiger partial charge in [0.2, 0.25) is 10.0 Å². The first-order chi connectivity index (χ1) is 13.4. The van der Waals surface area contributed by atoms with Gasteiger partial charge in [0, 0.05) is 13.1 Å². The number of nitrogens with zero attached hydrogens (tertiary/aromatic N) is 3. The highest BCUT2D eigenvalue weighted by Crippen LogP contribution is 2.25. The maximum absolute atomic E-state index is 12.7. The number of rotatable bonds is 6. The Balaban J connectivity index is 1.99. The van der Waals surface area contributed by atoms with Crippen LogP contribution in [0.1, 0.15) is 30.8 Å². The summed E-state index contributed by atoms with van der Waals surface area (Å²) in [6.07, 6.45) is 1.70. The van der Waals surface area contributed by atoms with Crippen LogP contribution >= 0.6 is 11.6 Å². The zero-order valence-corrected chi connectivity index (χ0v) is 17.0. The van der Waals surface area contributed by atoms with Crippen LogP contribution in [0, 0.1) is 11.3 Å². The van der Waals surface area contributed by atoms with Crippen molar-refractivity contribution in [1.82, 2.24) is 14.3 Å². The molecule has 0 saturated carbocycles. The Morgan fingerprint density at radius 1 is 1.25 bits per heavy atom. The highest BCUT2D eigenvalue weighted by molar-refractivity contribution is 7.89. The molecule has 0 fully saturated rings. The van der Waals surface area contributed by atoms with Crippen molar-refractivity contribution in [2.45, 2.75) is 18.7 Å². The Labute approximate surface area is 169 Å². The van der Waals surface area contributed by atoms with Gasteiger partial charge in [0.15, 0.2) is 0 Å². The van der Waals surface area contributed by atoms with Crippen LogP contribution in [-0.2, 0) is 10.0 Å². The largest absolute Gasteiger partial charge is 0.337 e. The molecular formula is C20H19ClN4O2S. The lowest BCUT2D eigenvalue weighted by atomic mass is 10.1. The van der Waals surface area contributed by atoms with Gasteiger partial charge in [-0.25, -0.2) is 13.4 Å². The van der Waals surface area contributed by atoms with Crippen LogP contribution in [0.25, 0.3) is 22.1 Å². The summed E-state index contributed by atoms with van der Waals surface area (Å²) in [5, 5.41) is 9.36.